The zero-order chi connectivity index (χ0) is 15.7. The highest BCUT2D eigenvalue weighted by Crippen LogP contribution is 2.30. The van der Waals surface area contributed by atoms with E-state index in [1.807, 2.05) is 37.3 Å². The smallest absolute Gasteiger partial charge is 0.244 e. The number of nitrogens with two attached hydrogens (primary N) is 1. The SMILES string of the molecule is Cc1ccc(S(=O)(=O)N2C[C@@H](N)[C@H](c3ccccc3)C2)cn1.Cl. The third kappa shape index (κ3) is 3.55. The Labute approximate surface area is 143 Å². The van der Waals surface area contributed by atoms with Crippen LogP contribution in [0.3, 0.4) is 0 Å². The first-order chi connectivity index (χ1) is 10.5. The molecule has 2 atom stereocenters. The summed E-state index contributed by atoms with van der Waals surface area (Å²) in [7, 11) is -3.54. The summed E-state index contributed by atoms with van der Waals surface area (Å²) < 4.78 is 26.9. The normalized spacial score (nSPS) is 21.8. The van der Waals surface area contributed by atoms with Gasteiger partial charge in [0.15, 0.2) is 0 Å². The van der Waals surface area contributed by atoms with Crippen molar-refractivity contribution in [2.24, 2.45) is 5.73 Å². The van der Waals surface area contributed by atoms with Crippen LogP contribution >= 0.6 is 12.4 Å². The summed E-state index contributed by atoms with van der Waals surface area (Å²) in [4.78, 5) is 4.30. The molecule has 1 saturated heterocycles. The Kier molecular flexibility index (Phi) is 5.41. The summed E-state index contributed by atoms with van der Waals surface area (Å²) in [5.74, 6) is 0.0226. The van der Waals surface area contributed by atoms with Crippen molar-refractivity contribution in [1.29, 1.82) is 0 Å². The zero-order valence-electron chi connectivity index (χ0n) is 12.8. The number of benzene rings is 1. The maximum atomic E-state index is 12.7. The van der Waals surface area contributed by atoms with Gasteiger partial charge in [0.25, 0.3) is 0 Å². The van der Waals surface area contributed by atoms with Crippen molar-refractivity contribution in [2.75, 3.05) is 13.1 Å². The number of pyridine rings is 1. The molecule has 0 aliphatic carbocycles. The van der Waals surface area contributed by atoms with Crippen LogP contribution in [0.2, 0.25) is 0 Å². The Balaban J connectivity index is 0.00000192. The summed E-state index contributed by atoms with van der Waals surface area (Å²) in [5, 5.41) is 0. The molecule has 1 aliphatic heterocycles. The lowest BCUT2D eigenvalue weighted by Gasteiger charge is -2.16. The number of halogens is 1. The maximum absolute atomic E-state index is 12.7. The second-order valence-corrected chi connectivity index (χ2v) is 7.58. The molecule has 0 amide bonds. The molecule has 0 bridgehead atoms. The van der Waals surface area contributed by atoms with E-state index in [9.17, 15) is 8.42 Å². The predicted octanol–water partition coefficient (Wildman–Crippen LogP) is 1.93. The van der Waals surface area contributed by atoms with Crippen molar-refractivity contribution in [3.8, 4) is 0 Å². The topological polar surface area (TPSA) is 76.3 Å². The average molecular weight is 354 g/mol. The van der Waals surface area contributed by atoms with E-state index in [0.29, 0.717) is 13.1 Å². The van der Waals surface area contributed by atoms with Crippen LogP contribution in [0, 0.1) is 6.92 Å². The van der Waals surface area contributed by atoms with Gasteiger partial charge in [-0.05, 0) is 24.6 Å². The highest BCUT2D eigenvalue weighted by Gasteiger charge is 2.38. The van der Waals surface area contributed by atoms with Crippen LogP contribution in [0.5, 0.6) is 0 Å². The summed E-state index contributed by atoms with van der Waals surface area (Å²) in [6, 6.07) is 12.9. The third-order valence-corrected chi connectivity index (χ3v) is 5.90. The van der Waals surface area contributed by atoms with Crippen molar-refractivity contribution >= 4 is 22.4 Å². The fourth-order valence-corrected chi connectivity index (χ4v) is 4.25. The zero-order valence-corrected chi connectivity index (χ0v) is 14.4. The number of sulfonamides is 1. The molecule has 1 fully saturated rings. The van der Waals surface area contributed by atoms with E-state index in [0.717, 1.165) is 11.3 Å². The first-order valence-corrected chi connectivity index (χ1v) is 8.66. The Morgan fingerprint density at radius 2 is 1.83 bits per heavy atom. The van der Waals surface area contributed by atoms with Gasteiger partial charge >= 0.3 is 0 Å². The van der Waals surface area contributed by atoms with Gasteiger partial charge in [0.1, 0.15) is 4.90 Å². The predicted molar refractivity (Wildman–Crippen MR) is 92.1 cm³/mol. The van der Waals surface area contributed by atoms with E-state index < -0.39 is 10.0 Å². The van der Waals surface area contributed by atoms with Crippen LogP contribution in [0.25, 0.3) is 0 Å². The van der Waals surface area contributed by atoms with Gasteiger partial charge < -0.3 is 5.73 Å². The van der Waals surface area contributed by atoms with E-state index in [-0.39, 0.29) is 29.3 Å². The van der Waals surface area contributed by atoms with E-state index in [1.165, 1.54) is 10.5 Å². The van der Waals surface area contributed by atoms with Gasteiger partial charge in [-0.25, -0.2) is 8.42 Å². The summed E-state index contributed by atoms with van der Waals surface area (Å²) >= 11 is 0. The molecule has 1 aromatic carbocycles. The Morgan fingerprint density at radius 3 is 2.43 bits per heavy atom. The Hall–Kier alpha value is -1.47. The van der Waals surface area contributed by atoms with E-state index in [1.54, 1.807) is 12.1 Å². The molecule has 0 unspecified atom stereocenters. The summed E-state index contributed by atoms with van der Waals surface area (Å²) in [5.41, 5.74) is 8.05. The molecule has 0 spiro atoms. The molecule has 1 aliphatic rings. The molecule has 1 aromatic heterocycles. The van der Waals surface area contributed by atoms with Gasteiger partial charge in [0, 0.05) is 36.9 Å². The third-order valence-electron chi connectivity index (χ3n) is 4.08. The first-order valence-electron chi connectivity index (χ1n) is 7.22. The number of aromatic nitrogens is 1. The van der Waals surface area contributed by atoms with Crippen LogP contribution in [-0.2, 0) is 10.0 Å². The molecule has 0 saturated carbocycles. The Bertz CT molecular complexity index is 751. The summed E-state index contributed by atoms with van der Waals surface area (Å²) in [6.45, 7) is 2.56. The van der Waals surface area contributed by atoms with Gasteiger partial charge in [-0.1, -0.05) is 30.3 Å². The largest absolute Gasteiger partial charge is 0.326 e. The van der Waals surface area contributed by atoms with Crippen LogP contribution in [0.15, 0.2) is 53.6 Å². The van der Waals surface area contributed by atoms with Crippen LogP contribution in [0.1, 0.15) is 17.2 Å². The van der Waals surface area contributed by atoms with Crippen molar-refractivity contribution in [1.82, 2.24) is 9.29 Å². The molecular weight excluding hydrogens is 334 g/mol. The number of hydrogen-bond acceptors (Lipinski definition) is 4. The number of rotatable bonds is 3. The van der Waals surface area contributed by atoms with Crippen LogP contribution < -0.4 is 5.73 Å². The van der Waals surface area contributed by atoms with Gasteiger partial charge in [-0.15, -0.1) is 12.4 Å². The lowest BCUT2D eigenvalue weighted by Crippen LogP contribution is -2.32. The monoisotopic (exact) mass is 353 g/mol. The first kappa shape index (κ1) is 17.9. The van der Waals surface area contributed by atoms with Crippen LogP contribution in [-0.4, -0.2) is 36.8 Å². The van der Waals surface area contributed by atoms with Gasteiger partial charge in [0.2, 0.25) is 10.0 Å². The van der Waals surface area contributed by atoms with Crippen molar-refractivity contribution in [3.05, 3.63) is 59.9 Å². The standard InChI is InChI=1S/C16H19N3O2S.ClH/c1-12-7-8-14(9-18-12)22(20,21)19-10-15(16(17)11-19)13-5-3-2-4-6-13;/h2-9,15-16H,10-11,17H2,1H3;1H/t15-,16+;/m0./s1. The van der Waals surface area contributed by atoms with E-state index in [4.69, 9.17) is 5.73 Å². The highest BCUT2D eigenvalue weighted by molar-refractivity contribution is 7.89. The average Bonchev–Trinajstić information content (AvgIpc) is 2.91. The molecule has 5 nitrogen and oxygen atoms in total. The molecule has 3 rings (SSSR count). The number of aryl methyl sites for hydroxylation is 1. The lowest BCUT2D eigenvalue weighted by molar-refractivity contribution is 0.470. The molecule has 0 radical (unpaired) electrons. The molecular formula is C16H20ClN3O2S. The van der Waals surface area contributed by atoms with Crippen molar-refractivity contribution in [2.45, 2.75) is 23.8 Å². The molecule has 2 N–H and O–H groups in total. The van der Waals surface area contributed by atoms with Crippen LogP contribution in [0.4, 0.5) is 0 Å². The highest BCUT2D eigenvalue weighted by atomic mass is 35.5. The molecule has 2 heterocycles. The molecule has 23 heavy (non-hydrogen) atoms. The number of nitrogens with zero attached hydrogens (tertiary/aromatic N) is 2. The fraction of sp³-hybridized carbons (Fsp3) is 0.312. The lowest BCUT2D eigenvalue weighted by atomic mass is 9.95. The summed E-state index contributed by atoms with van der Waals surface area (Å²) in [6.07, 6.45) is 1.41. The van der Waals surface area contributed by atoms with Gasteiger partial charge in [0.05, 0.1) is 0 Å². The Morgan fingerprint density at radius 1 is 1.13 bits per heavy atom. The molecule has 124 valence electrons. The molecule has 7 heteroatoms. The minimum absolute atomic E-state index is 0. The van der Waals surface area contributed by atoms with Gasteiger partial charge in [-0.3, -0.25) is 4.98 Å². The second-order valence-electron chi connectivity index (χ2n) is 5.64. The minimum Gasteiger partial charge on any atom is -0.326 e. The van der Waals surface area contributed by atoms with Crippen molar-refractivity contribution in [3.63, 3.8) is 0 Å². The fourth-order valence-electron chi connectivity index (χ4n) is 2.80. The van der Waals surface area contributed by atoms with E-state index in [2.05, 4.69) is 4.98 Å². The van der Waals surface area contributed by atoms with Crippen molar-refractivity contribution < 1.29 is 8.42 Å². The number of hydrogen-bond donors (Lipinski definition) is 1. The maximum Gasteiger partial charge on any atom is 0.244 e. The molecule has 2 aromatic rings. The van der Waals surface area contributed by atoms with E-state index >= 15 is 0 Å². The minimum atomic E-state index is -3.54. The second kappa shape index (κ2) is 6.97. The van der Waals surface area contributed by atoms with Gasteiger partial charge in [-0.2, -0.15) is 4.31 Å². The quantitative estimate of drug-likeness (QED) is 0.914.